The molecule has 36 heavy (non-hydrogen) atoms. The third-order valence-corrected chi connectivity index (χ3v) is 7.22. The molecule has 2 amide bonds. The molecule has 0 aliphatic carbocycles. The van der Waals surface area contributed by atoms with Gasteiger partial charge in [0, 0.05) is 17.8 Å². The van der Waals surface area contributed by atoms with Crippen molar-refractivity contribution in [3.05, 3.63) is 47.8 Å². The molecule has 12 heteroatoms. The summed E-state index contributed by atoms with van der Waals surface area (Å²) in [7, 11) is 1.50. The average molecular weight is 512 g/mol. The molecule has 1 saturated heterocycles. The van der Waals surface area contributed by atoms with Gasteiger partial charge >= 0.3 is 0 Å². The molecular formula is C24H25N5O6S. The second kappa shape index (κ2) is 10.3. The minimum Gasteiger partial charge on any atom is -0.481 e. The molecule has 5 rings (SSSR count). The van der Waals surface area contributed by atoms with Crippen LogP contribution in [0.1, 0.15) is 35.0 Å². The molecule has 11 nitrogen and oxygen atoms in total. The molecule has 2 aliphatic rings. The van der Waals surface area contributed by atoms with Crippen molar-refractivity contribution in [3.63, 3.8) is 0 Å². The Balaban J connectivity index is 1.20. The first-order valence-corrected chi connectivity index (χ1v) is 12.4. The lowest BCUT2D eigenvalue weighted by Crippen LogP contribution is -2.47. The first kappa shape index (κ1) is 24.4. The summed E-state index contributed by atoms with van der Waals surface area (Å²) in [5, 5.41) is 27.4. The van der Waals surface area contributed by atoms with Gasteiger partial charge in [0.1, 0.15) is 23.7 Å². The second-order valence-corrected chi connectivity index (χ2v) is 9.57. The number of amides is 2. The molecule has 188 valence electrons. The number of aliphatic hydroxyl groups excluding tert-OH is 2. The molecule has 0 bridgehead atoms. The number of nitrogens with one attached hydrogen (secondary N) is 2. The number of pyridine rings is 3. The number of nitrogens with zero attached hydrogens (tertiary/aromatic N) is 3. The Morgan fingerprint density at radius 1 is 1.22 bits per heavy atom. The molecule has 1 fully saturated rings. The van der Waals surface area contributed by atoms with Crippen LogP contribution >= 0.6 is 11.8 Å². The van der Waals surface area contributed by atoms with Gasteiger partial charge in [0.15, 0.2) is 0 Å². The standard InChI is InChI=1S/C24H25N5O6S/c1-34-19-7-4-14-20(29-19)13(8-9-25-14)21(31)22(32)16-5-2-12(10-35-16)26-24(33)15-3-6-17-23(27-15)28-18(30)11-36-17/h3-4,6-9,12,16,21-22,31-32H,2,5,10-11H2,1H3,(H,26,33)(H,27,28,30)/t12-,16+,21-,22+/m1/s1. The fraction of sp³-hybridized carbons (Fsp3) is 0.375. The number of ether oxygens (including phenoxy) is 2. The van der Waals surface area contributed by atoms with E-state index in [1.807, 2.05) is 0 Å². The number of carbonyl (C=O) groups is 2. The maximum atomic E-state index is 12.7. The Bertz CT molecular complexity index is 1300. The number of aromatic nitrogens is 3. The van der Waals surface area contributed by atoms with Gasteiger partial charge in [-0.25, -0.2) is 9.97 Å². The Morgan fingerprint density at radius 3 is 2.86 bits per heavy atom. The highest BCUT2D eigenvalue weighted by molar-refractivity contribution is 8.00. The molecule has 3 aromatic heterocycles. The number of hydrogen-bond donors (Lipinski definition) is 4. The molecule has 0 radical (unpaired) electrons. The van der Waals surface area contributed by atoms with Crippen LogP contribution in [0.2, 0.25) is 0 Å². The highest BCUT2D eigenvalue weighted by Gasteiger charge is 2.34. The molecule has 0 aromatic carbocycles. The molecule has 0 saturated carbocycles. The van der Waals surface area contributed by atoms with Crippen LogP contribution < -0.4 is 15.4 Å². The summed E-state index contributed by atoms with van der Waals surface area (Å²) in [5.41, 5.74) is 1.63. The maximum Gasteiger partial charge on any atom is 0.270 e. The number of rotatable bonds is 6. The lowest BCUT2D eigenvalue weighted by molar-refractivity contribution is -0.113. The minimum atomic E-state index is -1.25. The van der Waals surface area contributed by atoms with E-state index in [4.69, 9.17) is 9.47 Å². The van der Waals surface area contributed by atoms with Crippen molar-refractivity contribution in [2.75, 3.05) is 24.8 Å². The number of carbonyl (C=O) groups excluding carboxylic acids is 2. The maximum absolute atomic E-state index is 12.7. The highest BCUT2D eigenvalue weighted by atomic mass is 32.2. The smallest absolute Gasteiger partial charge is 0.270 e. The molecule has 2 aliphatic heterocycles. The molecule has 0 spiro atoms. The molecule has 3 aromatic rings. The van der Waals surface area contributed by atoms with Gasteiger partial charge in [-0.15, -0.1) is 11.8 Å². The van der Waals surface area contributed by atoms with Crippen LogP contribution in [0, 0.1) is 0 Å². The van der Waals surface area contributed by atoms with E-state index in [1.165, 1.54) is 18.9 Å². The van der Waals surface area contributed by atoms with E-state index < -0.39 is 18.3 Å². The van der Waals surface area contributed by atoms with Crippen LogP contribution in [-0.2, 0) is 9.53 Å². The summed E-state index contributed by atoms with van der Waals surface area (Å²) < 4.78 is 11.0. The van der Waals surface area contributed by atoms with Gasteiger partial charge in [-0.2, -0.15) is 0 Å². The zero-order chi connectivity index (χ0) is 25.2. The van der Waals surface area contributed by atoms with Gasteiger partial charge in [0.25, 0.3) is 5.91 Å². The molecule has 0 unspecified atom stereocenters. The topological polar surface area (TPSA) is 156 Å². The minimum absolute atomic E-state index is 0.153. The Hall–Kier alpha value is -3.32. The van der Waals surface area contributed by atoms with E-state index in [2.05, 4.69) is 25.6 Å². The fourth-order valence-electron chi connectivity index (χ4n) is 4.27. The fourth-order valence-corrected chi connectivity index (χ4v) is 5.03. The largest absolute Gasteiger partial charge is 0.481 e. The first-order valence-electron chi connectivity index (χ1n) is 11.4. The number of thioether (sulfide) groups is 1. The Morgan fingerprint density at radius 2 is 2.08 bits per heavy atom. The van der Waals surface area contributed by atoms with Crippen molar-refractivity contribution in [1.82, 2.24) is 20.3 Å². The predicted molar refractivity (Wildman–Crippen MR) is 131 cm³/mol. The van der Waals surface area contributed by atoms with Crippen LogP contribution in [0.25, 0.3) is 11.0 Å². The lowest BCUT2D eigenvalue weighted by Gasteiger charge is -2.34. The normalized spacial score (nSPS) is 21.2. The summed E-state index contributed by atoms with van der Waals surface area (Å²) >= 11 is 1.37. The van der Waals surface area contributed by atoms with Gasteiger partial charge in [-0.05, 0) is 37.1 Å². The Kier molecular flexibility index (Phi) is 7.01. The predicted octanol–water partition coefficient (Wildman–Crippen LogP) is 1.45. The zero-order valence-corrected chi connectivity index (χ0v) is 20.2. The molecule has 5 heterocycles. The summed E-state index contributed by atoms with van der Waals surface area (Å²) in [5.74, 6) is 0.555. The van der Waals surface area contributed by atoms with E-state index >= 15 is 0 Å². The average Bonchev–Trinajstić information content (AvgIpc) is 2.91. The number of hydrogen-bond acceptors (Lipinski definition) is 10. The molecule has 4 atom stereocenters. The van der Waals surface area contributed by atoms with Gasteiger partial charge in [0.05, 0.1) is 47.5 Å². The van der Waals surface area contributed by atoms with Crippen LogP contribution in [0.4, 0.5) is 5.82 Å². The summed E-state index contributed by atoms with van der Waals surface area (Å²) in [6.45, 7) is 0.168. The van der Waals surface area contributed by atoms with Crippen molar-refractivity contribution in [1.29, 1.82) is 0 Å². The van der Waals surface area contributed by atoms with E-state index in [9.17, 15) is 19.8 Å². The third-order valence-electron chi connectivity index (χ3n) is 6.18. The zero-order valence-electron chi connectivity index (χ0n) is 19.4. The van der Waals surface area contributed by atoms with Gasteiger partial charge < -0.3 is 30.3 Å². The summed E-state index contributed by atoms with van der Waals surface area (Å²) in [4.78, 5) is 38.0. The van der Waals surface area contributed by atoms with Crippen molar-refractivity contribution in [3.8, 4) is 5.88 Å². The van der Waals surface area contributed by atoms with Crippen molar-refractivity contribution in [2.24, 2.45) is 0 Å². The van der Waals surface area contributed by atoms with Gasteiger partial charge in [0.2, 0.25) is 11.8 Å². The van der Waals surface area contributed by atoms with Crippen LogP contribution in [-0.4, -0.2) is 74.7 Å². The lowest BCUT2D eigenvalue weighted by atomic mass is 9.94. The number of fused-ring (bicyclic) bond motifs is 2. The summed E-state index contributed by atoms with van der Waals surface area (Å²) in [6.07, 6.45) is -0.569. The number of methoxy groups -OCH3 is 1. The van der Waals surface area contributed by atoms with E-state index in [0.717, 1.165) is 4.90 Å². The van der Waals surface area contributed by atoms with Crippen LogP contribution in [0.5, 0.6) is 5.88 Å². The number of anilines is 1. The quantitative estimate of drug-likeness (QED) is 0.382. The van der Waals surface area contributed by atoms with Gasteiger partial charge in [-0.3, -0.25) is 14.6 Å². The molecular weight excluding hydrogens is 486 g/mol. The Labute approximate surface area is 210 Å². The molecule has 4 N–H and O–H groups in total. The van der Waals surface area contributed by atoms with Crippen molar-refractivity contribution < 1.29 is 29.3 Å². The SMILES string of the molecule is COc1ccc2nccc([C@@H](O)[C@@H](O)[C@@H]3CC[C@@H](NC(=O)c4ccc5c(n4)NC(=O)CS5)CO3)c2n1. The van der Waals surface area contributed by atoms with Crippen LogP contribution in [0.15, 0.2) is 41.4 Å². The van der Waals surface area contributed by atoms with Crippen LogP contribution in [0.3, 0.4) is 0 Å². The van der Waals surface area contributed by atoms with E-state index in [1.54, 1.807) is 36.5 Å². The van der Waals surface area contributed by atoms with Crippen molar-refractivity contribution >= 4 is 40.4 Å². The van der Waals surface area contributed by atoms with Crippen molar-refractivity contribution in [2.45, 2.75) is 42.1 Å². The van der Waals surface area contributed by atoms with Gasteiger partial charge in [-0.1, -0.05) is 0 Å². The summed E-state index contributed by atoms with van der Waals surface area (Å²) in [6, 6.07) is 8.12. The third kappa shape index (κ3) is 4.98. The van der Waals surface area contributed by atoms with E-state index in [-0.39, 0.29) is 30.2 Å². The van der Waals surface area contributed by atoms with E-state index in [0.29, 0.717) is 46.9 Å². The first-order chi connectivity index (χ1) is 17.4. The monoisotopic (exact) mass is 511 g/mol. The highest BCUT2D eigenvalue weighted by Crippen LogP contribution is 2.31. The second-order valence-electron chi connectivity index (χ2n) is 8.56. The number of aliphatic hydroxyl groups is 2.